The van der Waals surface area contributed by atoms with E-state index in [-0.39, 0.29) is 25.2 Å². The lowest BCUT2D eigenvalue weighted by atomic mass is 10.1. The van der Waals surface area contributed by atoms with Crippen molar-refractivity contribution in [1.82, 2.24) is 0 Å². The first kappa shape index (κ1) is 16.7. The maximum absolute atomic E-state index is 11.7. The molecule has 4 heteroatoms. The predicted molar refractivity (Wildman–Crippen MR) is 70.1 cm³/mol. The van der Waals surface area contributed by atoms with Crippen LogP contribution in [0.2, 0.25) is 0 Å². The molecule has 0 saturated heterocycles. The van der Waals surface area contributed by atoms with Crippen LogP contribution in [-0.2, 0) is 19.1 Å². The van der Waals surface area contributed by atoms with Crippen LogP contribution in [0.15, 0.2) is 11.6 Å². The Bertz CT molecular complexity index is 282. The van der Waals surface area contributed by atoms with Crippen molar-refractivity contribution in [2.75, 3.05) is 13.2 Å². The smallest absolute Gasteiger partial charge is 0.333 e. The lowest BCUT2D eigenvalue weighted by Gasteiger charge is -2.08. The number of hydrogen-bond acceptors (Lipinski definition) is 4. The van der Waals surface area contributed by atoms with Gasteiger partial charge >= 0.3 is 11.9 Å². The second-order valence-corrected chi connectivity index (χ2v) is 3.99. The highest BCUT2D eigenvalue weighted by Crippen LogP contribution is 2.08. The highest BCUT2D eigenvalue weighted by molar-refractivity contribution is 5.88. The SMILES string of the molecule is CCC=C(CCC)C(=O)OCCOC(=O)CCC. The first-order chi connectivity index (χ1) is 8.65. The Hall–Kier alpha value is -1.32. The van der Waals surface area contributed by atoms with Crippen molar-refractivity contribution in [2.24, 2.45) is 0 Å². The fraction of sp³-hybridized carbons (Fsp3) is 0.714. The molecule has 0 aromatic carbocycles. The van der Waals surface area contributed by atoms with Gasteiger partial charge in [0.25, 0.3) is 0 Å². The van der Waals surface area contributed by atoms with Crippen LogP contribution in [-0.4, -0.2) is 25.2 Å². The molecule has 4 nitrogen and oxygen atoms in total. The van der Waals surface area contributed by atoms with E-state index in [9.17, 15) is 9.59 Å². The molecule has 0 amide bonds. The second kappa shape index (κ2) is 10.8. The molecule has 0 aromatic heterocycles. The van der Waals surface area contributed by atoms with E-state index in [4.69, 9.17) is 9.47 Å². The molecule has 0 N–H and O–H groups in total. The molecule has 0 aliphatic carbocycles. The van der Waals surface area contributed by atoms with Crippen LogP contribution in [0, 0.1) is 0 Å². The molecule has 0 fully saturated rings. The lowest BCUT2D eigenvalue weighted by Crippen LogP contribution is -2.15. The summed E-state index contributed by atoms with van der Waals surface area (Å²) >= 11 is 0. The van der Waals surface area contributed by atoms with E-state index in [1.165, 1.54) is 0 Å². The summed E-state index contributed by atoms with van der Waals surface area (Å²) in [6.07, 6.45) is 5.50. The summed E-state index contributed by atoms with van der Waals surface area (Å²) in [5.74, 6) is -0.545. The van der Waals surface area contributed by atoms with Gasteiger partial charge in [-0.3, -0.25) is 4.79 Å². The highest BCUT2D eigenvalue weighted by atomic mass is 16.6. The van der Waals surface area contributed by atoms with Crippen LogP contribution < -0.4 is 0 Å². The largest absolute Gasteiger partial charge is 0.462 e. The summed E-state index contributed by atoms with van der Waals surface area (Å²) in [4.78, 5) is 22.7. The third kappa shape index (κ3) is 7.87. The average molecular weight is 256 g/mol. The van der Waals surface area contributed by atoms with Crippen LogP contribution in [0.4, 0.5) is 0 Å². The first-order valence-electron chi connectivity index (χ1n) is 6.67. The van der Waals surface area contributed by atoms with Crippen molar-refractivity contribution in [3.8, 4) is 0 Å². The molecule has 0 atom stereocenters. The van der Waals surface area contributed by atoms with Crippen LogP contribution in [0.1, 0.15) is 52.9 Å². The van der Waals surface area contributed by atoms with Gasteiger partial charge in [-0.05, 0) is 19.3 Å². The van der Waals surface area contributed by atoms with Crippen LogP contribution in [0.5, 0.6) is 0 Å². The summed E-state index contributed by atoms with van der Waals surface area (Å²) in [6.45, 7) is 6.17. The number of carbonyl (C=O) groups excluding carboxylic acids is 2. The zero-order valence-corrected chi connectivity index (χ0v) is 11.7. The first-order valence-corrected chi connectivity index (χ1v) is 6.67. The van der Waals surface area contributed by atoms with Crippen molar-refractivity contribution < 1.29 is 19.1 Å². The summed E-state index contributed by atoms with van der Waals surface area (Å²) in [6, 6.07) is 0. The Balaban J connectivity index is 3.87. The van der Waals surface area contributed by atoms with Gasteiger partial charge in [0.05, 0.1) is 0 Å². The van der Waals surface area contributed by atoms with Gasteiger partial charge in [-0.25, -0.2) is 4.79 Å². The number of ether oxygens (including phenoxy) is 2. The maximum Gasteiger partial charge on any atom is 0.333 e. The molecular weight excluding hydrogens is 232 g/mol. The van der Waals surface area contributed by atoms with Crippen LogP contribution >= 0.6 is 0 Å². The predicted octanol–water partition coefficient (Wildman–Crippen LogP) is 3.01. The maximum atomic E-state index is 11.7. The molecule has 18 heavy (non-hydrogen) atoms. The molecule has 0 unspecified atom stereocenters. The lowest BCUT2D eigenvalue weighted by molar-refractivity contribution is -0.150. The van der Waals surface area contributed by atoms with E-state index in [0.717, 1.165) is 25.7 Å². The summed E-state index contributed by atoms with van der Waals surface area (Å²) < 4.78 is 9.95. The van der Waals surface area contributed by atoms with Gasteiger partial charge in [0.1, 0.15) is 13.2 Å². The molecule has 104 valence electrons. The summed E-state index contributed by atoms with van der Waals surface area (Å²) in [5, 5.41) is 0. The zero-order chi connectivity index (χ0) is 13.8. The molecule has 0 aliphatic heterocycles. The Morgan fingerprint density at radius 3 is 2.11 bits per heavy atom. The Kier molecular flexibility index (Phi) is 10.0. The van der Waals surface area contributed by atoms with Crippen molar-refractivity contribution >= 4 is 11.9 Å². The molecule has 0 radical (unpaired) electrons. The quantitative estimate of drug-likeness (QED) is 0.361. The standard InChI is InChI=1S/C14H24O4/c1-4-7-12(8-5-2)14(16)18-11-10-17-13(15)9-6-3/h7H,4-6,8-11H2,1-3H3. The van der Waals surface area contributed by atoms with Crippen LogP contribution in [0.25, 0.3) is 0 Å². The monoisotopic (exact) mass is 256 g/mol. The third-order valence-corrected chi connectivity index (χ3v) is 2.27. The molecule has 0 heterocycles. The molecule has 0 rings (SSSR count). The zero-order valence-electron chi connectivity index (χ0n) is 11.7. The number of allylic oxidation sites excluding steroid dienone is 1. The fourth-order valence-corrected chi connectivity index (χ4v) is 1.46. The number of hydrogen-bond donors (Lipinski definition) is 0. The van der Waals surface area contributed by atoms with E-state index in [1.54, 1.807) is 0 Å². The molecule has 0 aromatic rings. The van der Waals surface area contributed by atoms with Crippen molar-refractivity contribution in [3.05, 3.63) is 11.6 Å². The fourth-order valence-electron chi connectivity index (χ4n) is 1.46. The highest BCUT2D eigenvalue weighted by Gasteiger charge is 2.09. The topological polar surface area (TPSA) is 52.6 Å². The van der Waals surface area contributed by atoms with Crippen molar-refractivity contribution in [2.45, 2.75) is 52.9 Å². The van der Waals surface area contributed by atoms with Gasteiger partial charge in [-0.1, -0.05) is 33.3 Å². The minimum atomic E-state index is -0.301. The van der Waals surface area contributed by atoms with Gasteiger partial charge in [-0.2, -0.15) is 0 Å². The molecule has 0 bridgehead atoms. The van der Waals surface area contributed by atoms with E-state index in [1.807, 2.05) is 26.8 Å². The van der Waals surface area contributed by atoms with Gasteiger partial charge in [0.2, 0.25) is 0 Å². The van der Waals surface area contributed by atoms with E-state index >= 15 is 0 Å². The summed E-state index contributed by atoms with van der Waals surface area (Å²) in [7, 11) is 0. The normalized spacial score (nSPS) is 11.2. The van der Waals surface area contributed by atoms with Gasteiger partial charge in [0, 0.05) is 12.0 Å². The molecular formula is C14H24O4. The van der Waals surface area contributed by atoms with Crippen molar-refractivity contribution in [3.63, 3.8) is 0 Å². The van der Waals surface area contributed by atoms with Crippen molar-refractivity contribution in [1.29, 1.82) is 0 Å². The Morgan fingerprint density at radius 2 is 1.56 bits per heavy atom. The van der Waals surface area contributed by atoms with Gasteiger partial charge in [0.15, 0.2) is 0 Å². The Labute approximate surface area is 109 Å². The molecule has 0 spiro atoms. The third-order valence-electron chi connectivity index (χ3n) is 2.27. The molecule has 0 saturated carbocycles. The van der Waals surface area contributed by atoms with E-state index < -0.39 is 0 Å². The number of carbonyl (C=O) groups is 2. The number of esters is 2. The minimum Gasteiger partial charge on any atom is -0.462 e. The molecule has 0 aliphatic rings. The van der Waals surface area contributed by atoms with Gasteiger partial charge < -0.3 is 9.47 Å². The van der Waals surface area contributed by atoms with Gasteiger partial charge in [-0.15, -0.1) is 0 Å². The Morgan fingerprint density at radius 1 is 0.944 bits per heavy atom. The van der Waals surface area contributed by atoms with E-state index in [0.29, 0.717) is 12.0 Å². The second-order valence-electron chi connectivity index (χ2n) is 3.99. The number of rotatable bonds is 9. The minimum absolute atomic E-state index is 0.124. The summed E-state index contributed by atoms with van der Waals surface area (Å²) in [5.41, 5.74) is 0.708. The van der Waals surface area contributed by atoms with Crippen LogP contribution in [0.3, 0.4) is 0 Å². The van der Waals surface area contributed by atoms with E-state index in [2.05, 4.69) is 0 Å². The average Bonchev–Trinajstić information content (AvgIpc) is 2.34.